The van der Waals surface area contributed by atoms with Gasteiger partial charge in [0.05, 0.1) is 11.4 Å². The molecule has 2 nitrogen and oxygen atoms in total. The van der Waals surface area contributed by atoms with Crippen molar-refractivity contribution in [1.29, 1.82) is 0 Å². The fourth-order valence-electron chi connectivity index (χ4n) is 2.02. The van der Waals surface area contributed by atoms with Crippen LogP contribution in [0.5, 0.6) is 0 Å². The largest absolute Gasteiger partial charge is 0.151 e. The van der Waals surface area contributed by atoms with Gasteiger partial charge in [0.1, 0.15) is 0 Å². The fourth-order valence-corrected chi connectivity index (χ4v) is 2.02. The van der Waals surface area contributed by atoms with Gasteiger partial charge >= 0.3 is 0 Å². The van der Waals surface area contributed by atoms with Crippen LogP contribution in [0.1, 0.15) is 5.56 Å². The van der Waals surface area contributed by atoms with E-state index in [2.05, 4.69) is 35.4 Å². The summed E-state index contributed by atoms with van der Waals surface area (Å²) in [6, 6.07) is 22.3. The summed E-state index contributed by atoms with van der Waals surface area (Å²) in [5.74, 6) is 0. The van der Waals surface area contributed by atoms with E-state index in [0.29, 0.717) is 0 Å². The third kappa shape index (κ3) is 2.52. The van der Waals surface area contributed by atoms with Gasteiger partial charge in [0.15, 0.2) is 0 Å². The fraction of sp³-hybridized carbons (Fsp3) is 0.0588. The number of nitrogens with zero attached hydrogens (tertiary/aromatic N) is 2. The molecule has 92 valence electrons. The van der Waals surface area contributed by atoms with Gasteiger partial charge in [-0.3, -0.25) is 0 Å². The zero-order valence-corrected chi connectivity index (χ0v) is 10.7. The van der Waals surface area contributed by atoms with Crippen LogP contribution >= 0.6 is 0 Å². The minimum absolute atomic E-state index is 0.874. The Labute approximate surface area is 112 Å². The Morgan fingerprint density at radius 3 is 2.26 bits per heavy atom. The van der Waals surface area contributed by atoms with Crippen molar-refractivity contribution in [3.8, 4) is 0 Å². The molecule has 0 atom stereocenters. The van der Waals surface area contributed by atoms with Crippen molar-refractivity contribution < 1.29 is 0 Å². The minimum atomic E-state index is 0.874. The molecule has 0 N–H and O–H groups in total. The first-order valence-electron chi connectivity index (χ1n) is 6.29. The Morgan fingerprint density at radius 2 is 1.42 bits per heavy atom. The summed E-state index contributed by atoms with van der Waals surface area (Å²) in [6.07, 6.45) is 0. The van der Waals surface area contributed by atoms with E-state index in [-0.39, 0.29) is 0 Å². The molecule has 3 aromatic carbocycles. The van der Waals surface area contributed by atoms with Crippen LogP contribution in [0.2, 0.25) is 0 Å². The average Bonchev–Trinajstić information content (AvgIpc) is 2.47. The third-order valence-corrected chi connectivity index (χ3v) is 3.07. The number of aryl methyl sites for hydroxylation is 1. The number of hydrogen-bond donors (Lipinski definition) is 0. The average molecular weight is 246 g/mol. The van der Waals surface area contributed by atoms with Crippen molar-refractivity contribution in [2.24, 2.45) is 10.2 Å². The molecule has 3 rings (SSSR count). The van der Waals surface area contributed by atoms with E-state index < -0.39 is 0 Å². The van der Waals surface area contributed by atoms with Crippen molar-refractivity contribution in [3.05, 3.63) is 72.3 Å². The zero-order valence-electron chi connectivity index (χ0n) is 10.7. The monoisotopic (exact) mass is 246 g/mol. The van der Waals surface area contributed by atoms with E-state index in [0.717, 1.165) is 16.8 Å². The summed E-state index contributed by atoms with van der Waals surface area (Å²) in [4.78, 5) is 0. The number of fused-ring (bicyclic) bond motifs is 1. The molecule has 0 radical (unpaired) electrons. The first kappa shape index (κ1) is 11.6. The predicted molar refractivity (Wildman–Crippen MR) is 79.3 cm³/mol. The number of hydrogen-bond acceptors (Lipinski definition) is 2. The Hall–Kier alpha value is -2.48. The zero-order chi connectivity index (χ0) is 13.1. The highest BCUT2D eigenvalue weighted by atomic mass is 15.1. The molecule has 0 heterocycles. The van der Waals surface area contributed by atoms with Crippen molar-refractivity contribution in [3.63, 3.8) is 0 Å². The molecule has 2 heteroatoms. The van der Waals surface area contributed by atoms with E-state index in [4.69, 9.17) is 0 Å². The first-order valence-corrected chi connectivity index (χ1v) is 6.29. The van der Waals surface area contributed by atoms with Crippen molar-refractivity contribution in [1.82, 2.24) is 0 Å². The Balaban J connectivity index is 1.99. The maximum absolute atomic E-state index is 4.36. The maximum atomic E-state index is 4.36. The summed E-state index contributed by atoms with van der Waals surface area (Å²) >= 11 is 0. The number of azo groups is 1. The van der Waals surface area contributed by atoms with E-state index in [1.807, 2.05) is 48.5 Å². The van der Waals surface area contributed by atoms with Gasteiger partial charge in [-0.05, 0) is 30.5 Å². The molecule has 0 amide bonds. The summed E-state index contributed by atoms with van der Waals surface area (Å²) < 4.78 is 0. The maximum Gasteiger partial charge on any atom is 0.0935 e. The molecular formula is C17H14N2. The molecule has 0 saturated heterocycles. The topological polar surface area (TPSA) is 24.7 Å². The SMILES string of the molecule is Cc1ccc(/N=N/c2cccc3ccccc23)cc1. The molecule has 3 aromatic rings. The van der Waals surface area contributed by atoms with Crippen LogP contribution in [0.25, 0.3) is 10.8 Å². The second-order valence-corrected chi connectivity index (χ2v) is 4.53. The van der Waals surface area contributed by atoms with Crippen LogP contribution in [0.3, 0.4) is 0 Å². The van der Waals surface area contributed by atoms with Crippen LogP contribution in [0.4, 0.5) is 11.4 Å². The van der Waals surface area contributed by atoms with Gasteiger partial charge in [-0.15, -0.1) is 5.11 Å². The molecule has 0 aromatic heterocycles. The van der Waals surface area contributed by atoms with Crippen LogP contribution in [0.15, 0.2) is 77.0 Å². The normalized spacial score (nSPS) is 11.2. The first-order chi connectivity index (χ1) is 9.33. The molecular weight excluding hydrogens is 232 g/mol. The quantitative estimate of drug-likeness (QED) is 0.528. The minimum Gasteiger partial charge on any atom is -0.151 e. The van der Waals surface area contributed by atoms with Gasteiger partial charge < -0.3 is 0 Å². The summed E-state index contributed by atoms with van der Waals surface area (Å²) in [5.41, 5.74) is 3.00. The molecule has 0 fully saturated rings. The molecule has 0 aliphatic heterocycles. The number of benzene rings is 3. The summed E-state index contributed by atoms with van der Waals surface area (Å²) in [5, 5.41) is 11.0. The molecule has 0 saturated carbocycles. The van der Waals surface area contributed by atoms with Crippen molar-refractivity contribution in [2.75, 3.05) is 0 Å². The molecule has 0 aliphatic rings. The molecule has 0 aliphatic carbocycles. The van der Waals surface area contributed by atoms with Gasteiger partial charge in [-0.25, -0.2) is 0 Å². The molecule has 19 heavy (non-hydrogen) atoms. The van der Waals surface area contributed by atoms with Crippen LogP contribution in [0, 0.1) is 6.92 Å². The summed E-state index contributed by atoms with van der Waals surface area (Å²) in [7, 11) is 0. The van der Waals surface area contributed by atoms with E-state index in [9.17, 15) is 0 Å². The van der Waals surface area contributed by atoms with Crippen molar-refractivity contribution in [2.45, 2.75) is 6.92 Å². The van der Waals surface area contributed by atoms with E-state index in [1.54, 1.807) is 0 Å². The highest BCUT2D eigenvalue weighted by Gasteiger charge is 1.98. The van der Waals surface area contributed by atoms with Crippen LogP contribution in [-0.4, -0.2) is 0 Å². The van der Waals surface area contributed by atoms with Gasteiger partial charge in [0, 0.05) is 5.39 Å². The lowest BCUT2D eigenvalue weighted by Crippen LogP contribution is -1.72. The standard InChI is InChI=1S/C17H14N2/c1-13-9-11-15(12-10-13)18-19-17-8-4-6-14-5-2-3-7-16(14)17/h2-12H,1H3/b19-18+. The Kier molecular flexibility index (Phi) is 3.07. The van der Waals surface area contributed by atoms with E-state index in [1.165, 1.54) is 10.9 Å². The van der Waals surface area contributed by atoms with Gasteiger partial charge in [0.2, 0.25) is 0 Å². The number of rotatable bonds is 2. The van der Waals surface area contributed by atoms with E-state index >= 15 is 0 Å². The second-order valence-electron chi connectivity index (χ2n) is 4.53. The van der Waals surface area contributed by atoms with Crippen molar-refractivity contribution >= 4 is 22.1 Å². The smallest absolute Gasteiger partial charge is 0.0935 e. The second kappa shape index (κ2) is 5.02. The van der Waals surface area contributed by atoms with Gasteiger partial charge in [0.25, 0.3) is 0 Å². The highest BCUT2D eigenvalue weighted by Crippen LogP contribution is 2.27. The Bertz CT molecular complexity index is 722. The lowest BCUT2D eigenvalue weighted by atomic mass is 10.1. The predicted octanol–water partition coefficient (Wildman–Crippen LogP) is 5.56. The van der Waals surface area contributed by atoms with Crippen LogP contribution in [-0.2, 0) is 0 Å². The van der Waals surface area contributed by atoms with Crippen LogP contribution < -0.4 is 0 Å². The molecule has 0 unspecified atom stereocenters. The molecule has 0 spiro atoms. The highest BCUT2D eigenvalue weighted by molar-refractivity contribution is 5.92. The lowest BCUT2D eigenvalue weighted by Gasteiger charge is -2.00. The van der Waals surface area contributed by atoms with Gasteiger partial charge in [-0.1, -0.05) is 54.1 Å². The summed E-state index contributed by atoms with van der Waals surface area (Å²) in [6.45, 7) is 2.06. The molecule has 0 bridgehead atoms. The van der Waals surface area contributed by atoms with Gasteiger partial charge in [-0.2, -0.15) is 5.11 Å². The lowest BCUT2D eigenvalue weighted by molar-refractivity contribution is 1.24. The third-order valence-electron chi connectivity index (χ3n) is 3.07. The Morgan fingerprint density at radius 1 is 0.684 bits per heavy atom.